The van der Waals surface area contributed by atoms with E-state index >= 15 is 0 Å². The predicted octanol–water partition coefficient (Wildman–Crippen LogP) is 4.08. The van der Waals surface area contributed by atoms with E-state index in [1.807, 2.05) is 12.1 Å². The van der Waals surface area contributed by atoms with E-state index in [4.69, 9.17) is 4.74 Å². The molecule has 5 nitrogen and oxygen atoms in total. The fourth-order valence-electron chi connectivity index (χ4n) is 3.38. The normalized spacial score (nSPS) is 20.6. The first-order valence-electron chi connectivity index (χ1n) is 8.56. The smallest absolute Gasteiger partial charge is 0.139 e. The van der Waals surface area contributed by atoms with Crippen LogP contribution in [-0.2, 0) is 0 Å². The molecule has 0 aliphatic heterocycles. The maximum Gasteiger partial charge on any atom is 0.139 e. The summed E-state index contributed by atoms with van der Waals surface area (Å²) in [6.07, 6.45) is 5.10. The Morgan fingerprint density at radius 2 is 1.88 bits per heavy atom. The maximum absolute atomic E-state index is 9.71. The molecule has 6 heteroatoms. The van der Waals surface area contributed by atoms with Crippen molar-refractivity contribution in [2.24, 2.45) is 0 Å². The molecule has 0 bridgehead atoms. The number of aromatic nitrogens is 2. The Kier molecular flexibility index (Phi) is 4.55. The van der Waals surface area contributed by atoms with Crippen LogP contribution in [-0.4, -0.2) is 34.3 Å². The molecule has 0 saturated heterocycles. The summed E-state index contributed by atoms with van der Waals surface area (Å²) < 4.78 is 5.25. The molecular formula is C19H21N3O2S. The number of fused-ring (bicyclic) bond motifs is 1. The number of anilines is 1. The van der Waals surface area contributed by atoms with Crippen LogP contribution >= 0.6 is 11.3 Å². The first-order chi connectivity index (χ1) is 12.2. The van der Waals surface area contributed by atoms with Crippen molar-refractivity contribution in [3.63, 3.8) is 0 Å². The minimum atomic E-state index is -0.153. The second-order valence-electron chi connectivity index (χ2n) is 6.43. The van der Waals surface area contributed by atoms with E-state index in [1.54, 1.807) is 24.8 Å². The molecule has 0 atom stereocenters. The molecule has 0 radical (unpaired) electrons. The number of ether oxygens (including phenoxy) is 1. The number of aliphatic hydroxyl groups is 1. The number of benzene rings is 1. The van der Waals surface area contributed by atoms with Gasteiger partial charge in [-0.1, -0.05) is 12.1 Å². The average molecular weight is 355 g/mol. The SMILES string of the molecule is COc1ccc(-c2csc3ncnc(NC4CCC(O)CC4)c23)cc1. The van der Waals surface area contributed by atoms with Gasteiger partial charge in [0.2, 0.25) is 0 Å². The number of aliphatic hydroxyl groups excluding tert-OH is 1. The van der Waals surface area contributed by atoms with Gasteiger partial charge in [-0.2, -0.15) is 0 Å². The fourth-order valence-corrected chi connectivity index (χ4v) is 4.30. The second kappa shape index (κ2) is 6.98. The highest BCUT2D eigenvalue weighted by atomic mass is 32.1. The molecule has 0 amide bonds. The molecule has 2 aromatic heterocycles. The van der Waals surface area contributed by atoms with Crippen molar-refractivity contribution in [2.75, 3.05) is 12.4 Å². The first kappa shape index (κ1) is 16.3. The van der Waals surface area contributed by atoms with Crippen LogP contribution in [0.4, 0.5) is 5.82 Å². The van der Waals surface area contributed by atoms with Crippen LogP contribution in [0.25, 0.3) is 21.3 Å². The van der Waals surface area contributed by atoms with Crippen molar-refractivity contribution in [2.45, 2.75) is 37.8 Å². The maximum atomic E-state index is 9.71. The summed E-state index contributed by atoms with van der Waals surface area (Å²) in [6, 6.07) is 8.42. The predicted molar refractivity (Wildman–Crippen MR) is 101 cm³/mol. The van der Waals surface area contributed by atoms with E-state index < -0.39 is 0 Å². The summed E-state index contributed by atoms with van der Waals surface area (Å²) in [7, 11) is 1.67. The summed E-state index contributed by atoms with van der Waals surface area (Å²) in [5.74, 6) is 1.73. The number of nitrogens with one attached hydrogen (secondary N) is 1. The molecule has 2 heterocycles. The second-order valence-corrected chi connectivity index (χ2v) is 7.29. The molecule has 25 heavy (non-hydrogen) atoms. The van der Waals surface area contributed by atoms with Crippen LogP contribution in [0.5, 0.6) is 5.75 Å². The lowest BCUT2D eigenvalue weighted by molar-refractivity contribution is 0.126. The number of methoxy groups -OCH3 is 1. The lowest BCUT2D eigenvalue weighted by atomic mass is 9.93. The molecule has 4 rings (SSSR count). The van der Waals surface area contributed by atoms with Gasteiger partial charge in [0.25, 0.3) is 0 Å². The zero-order valence-electron chi connectivity index (χ0n) is 14.1. The van der Waals surface area contributed by atoms with E-state index in [0.29, 0.717) is 6.04 Å². The minimum Gasteiger partial charge on any atom is -0.497 e. The minimum absolute atomic E-state index is 0.153. The van der Waals surface area contributed by atoms with Crippen molar-refractivity contribution in [1.82, 2.24) is 9.97 Å². The number of hydrogen-bond acceptors (Lipinski definition) is 6. The van der Waals surface area contributed by atoms with Gasteiger partial charge in [-0.05, 0) is 43.4 Å². The molecule has 1 aliphatic rings. The van der Waals surface area contributed by atoms with Crippen molar-refractivity contribution in [3.8, 4) is 16.9 Å². The van der Waals surface area contributed by atoms with Gasteiger partial charge < -0.3 is 15.2 Å². The Bertz CT molecular complexity index is 855. The van der Waals surface area contributed by atoms with E-state index in [1.165, 1.54) is 0 Å². The van der Waals surface area contributed by atoms with Crippen LogP contribution in [0.1, 0.15) is 25.7 Å². The molecular weight excluding hydrogens is 334 g/mol. The molecule has 130 valence electrons. The number of nitrogens with zero attached hydrogens (tertiary/aromatic N) is 2. The first-order valence-corrected chi connectivity index (χ1v) is 9.44. The third-order valence-corrected chi connectivity index (χ3v) is 5.70. The van der Waals surface area contributed by atoms with Gasteiger partial charge >= 0.3 is 0 Å². The standard InChI is InChI=1S/C19H21N3O2S/c1-24-15-8-2-12(3-9-15)16-10-25-19-17(16)18(20-11-21-19)22-13-4-6-14(23)7-5-13/h2-3,8-11,13-14,23H,4-7H2,1H3,(H,20,21,22). The van der Waals surface area contributed by atoms with Gasteiger partial charge in [-0.3, -0.25) is 0 Å². The van der Waals surface area contributed by atoms with Gasteiger partial charge in [-0.25, -0.2) is 9.97 Å². The Morgan fingerprint density at radius 1 is 1.12 bits per heavy atom. The third-order valence-electron chi connectivity index (χ3n) is 4.81. The number of hydrogen-bond donors (Lipinski definition) is 2. The van der Waals surface area contributed by atoms with Gasteiger partial charge in [0.15, 0.2) is 0 Å². The molecule has 1 aliphatic carbocycles. The highest BCUT2D eigenvalue weighted by molar-refractivity contribution is 7.17. The van der Waals surface area contributed by atoms with E-state index in [9.17, 15) is 5.11 Å². The Hall–Kier alpha value is -2.18. The van der Waals surface area contributed by atoms with Crippen molar-refractivity contribution in [3.05, 3.63) is 36.0 Å². The number of thiophene rings is 1. The fraction of sp³-hybridized carbons (Fsp3) is 0.368. The molecule has 0 unspecified atom stereocenters. The van der Waals surface area contributed by atoms with Crippen molar-refractivity contribution in [1.29, 1.82) is 0 Å². The van der Waals surface area contributed by atoms with Crippen LogP contribution in [0, 0.1) is 0 Å². The van der Waals surface area contributed by atoms with Gasteiger partial charge in [0.1, 0.15) is 22.7 Å². The highest BCUT2D eigenvalue weighted by Gasteiger charge is 2.21. The van der Waals surface area contributed by atoms with Crippen LogP contribution in [0.3, 0.4) is 0 Å². The highest BCUT2D eigenvalue weighted by Crippen LogP contribution is 2.37. The molecule has 1 aromatic carbocycles. The zero-order chi connectivity index (χ0) is 17.2. The monoisotopic (exact) mass is 355 g/mol. The lowest BCUT2D eigenvalue weighted by Crippen LogP contribution is -2.28. The van der Waals surface area contributed by atoms with Gasteiger partial charge in [0, 0.05) is 17.0 Å². The summed E-state index contributed by atoms with van der Waals surface area (Å²) in [4.78, 5) is 9.92. The van der Waals surface area contributed by atoms with Gasteiger partial charge in [0.05, 0.1) is 18.6 Å². The van der Waals surface area contributed by atoms with Gasteiger partial charge in [-0.15, -0.1) is 11.3 Å². The van der Waals surface area contributed by atoms with Crippen molar-refractivity contribution < 1.29 is 9.84 Å². The molecule has 1 saturated carbocycles. The topological polar surface area (TPSA) is 67.3 Å². The lowest BCUT2D eigenvalue weighted by Gasteiger charge is -2.26. The van der Waals surface area contributed by atoms with E-state index in [0.717, 1.165) is 58.6 Å². The number of rotatable bonds is 4. The van der Waals surface area contributed by atoms with E-state index in [2.05, 4.69) is 32.8 Å². The van der Waals surface area contributed by atoms with Crippen molar-refractivity contribution >= 4 is 27.4 Å². The molecule has 3 aromatic rings. The largest absolute Gasteiger partial charge is 0.497 e. The Morgan fingerprint density at radius 3 is 2.60 bits per heavy atom. The zero-order valence-corrected chi connectivity index (χ0v) is 14.9. The van der Waals surface area contributed by atoms with Crippen LogP contribution < -0.4 is 10.1 Å². The Balaban J connectivity index is 1.68. The Labute approximate surface area is 150 Å². The molecule has 0 spiro atoms. The summed E-state index contributed by atoms with van der Waals surface area (Å²) in [5.41, 5.74) is 2.27. The molecule has 2 N–H and O–H groups in total. The third kappa shape index (κ3) is 3.32. The van der Waals surface area contributed by atoms with Crippen LogP contribution in [0.15, 0.2) is 36.0 Å². The summed E-state index contributed by atoms with van der Waals surface area (Å²) >= 11 is 1.63. The summed E-state index contributed by atoms with van der Waals surface area (Å²) in [6.45, 7) is 0. The summed E-state index contributed by atoms with van der Waals surface area (Å²) in [5, 5.41) is 16.5. The van der Waals surface area contributed by atoms with Crippen LogP contribution in [0.2, 0.25) is 0 Å². The average Bonchev–Trinajstić information content (AvgIpc) is 3.09. The van der Waals surface area contributed by atoms with E-state index in [-0.39, 0.29) is 6.10 Å². The molecule has 1 fully saturated rings. The quantitative estimate of drug-likeness (QED) is 0.738.